The number of nitrogens with zero attached hydrogens (tertiary/aromatic N) is 5. The van der Waals surface area contributed by atoms with E-state index < -0.39 is 0 Å². The average Bonchev–Trinajstić information content (AvgIpc) is 3.28. The fourth-order valence-corrected chi connectivity index (χ4v) is 3.40. The van der Waals surface area contributed by atoms with E-state index in [1.807, 2.05) is 54.6 Å². The molecule has 2 aromatic carbocycles. The van der Waals surface area contributed by atoms with Crippen LogP contribution in [0.2, 0.25) is 0 Å². The topological polar surface area (TPSA) is 63.9 Å². The molecular weight excluding hydrogens is 346 g/mol. The Morgan fingerprint density at radius 2 is 1.85 bits per heavy atom. The Kier molecular flexibility index (Phi) is 4.22. The number of hydrogen-bond donors (Lipinski definition) is 0. The average molecular weight is 363 g/mol. The van der Waals surface area contributed by atoms with Crippen LogP contribution in [0.4, 0.5) is 0 Å². The number of benzene rings is 2. The normalized spacial score (nSPS) is 11.0. The highest BCUT2D eigenvalue weighted by atomic mass is 32.1. The van der Waals surface area contributed by atoms with Gasteiger partial charge in [0.15, 0.2) is 0 Å². The number of hydrogen-bond acceptors (Lipinski definition) is 5. The van der Waals surface area contributed by atoms with E-state index >= 15 is 0 Å². The highest BCUT2D eigenvalue weighted by Gasteiger charge is 2.18. The molecule has 0 aliphatic heterocycles. The van der Waals surface area contributed by atoms with Gasteiger partial charge in [-0.1, -0.05) is 36.4 Å². The molecule has 130 valence electrons. The lowest BCUT2D eigenvalue weighted by atomic mass is 10.1. The van der Waals surface area contributed by atoms with Crippen molar-refractivity contribution in [1.82, 2.24) is 23.4 Å². The standard InChI is InChI=1S/C19H17N5OS/c1-23(12-13-8-9-15-17(10-13)22-26-21-15)19(25)18-11-16(20-24(18)2)14-6-4-3-5-7-14/h3-11H,12H2,1-2H3. The minimum atomic E-state index is -0.0707. The van der Waals surface area contributed by atoms with E-state index in [1.165, 1.54) is 11.7 Å². The maximum atomic E-state index is 12.9. The molecule has 4 rings (SSSR count). The molecule has 0 atom stereocenters. The first-order valence-corrected chi connectivity index (χ1v) is 8.91. The number of fused-ring (bicyclic) bond motifs is 1. The lowest BCUT2D eigenvalue weighted by molar-refractivity contribution is 0.0774. The van der Waals surface area contributed by atoms with Gasteiger partial charge >= 0.3 is 0 Å². The number of aryl methyl sites for hydroxylation is 1. The molecule has 1 amide bonds. The SMILES string of the molecule is CN(Cc1ccc2nsnc2c1)C(=O)c1cc(-c2ccccc2)nn1C. The summed E-state index contributed by atoms with van der Waals surface area (Å²) in [4.78, 5) is 14.6. The molecule has 0 unspecified atom stereocenters. The molecule has 4 aromatic rings. The van der Waals surface area contributed by atoms with Crippen molar-refractivity contribution < 1.29 is 4.79 Å². The van der Waals surface area contributed by atoms with Gasteiger partial charge in [0.1, 0.15) is 16.7 Å². The number of carbonyl (C=O) groups is 1. The second-order valence-corrected chi connectivity index (χ2v) is 6.68. The van der Waals surface area contributed by atoms with Gasteiger partial charge in [-0.3, -0.25) is 9.48 Å². The van der Waals surface area contributed by atoms with E-state index in [-0.39, 0.29) is 5.91 Å². The molecular formula is C19H17N5OS. The summed E-state index contributed by atoms with van der Waals surface area (Å²) in [6, 6.07) is 17.6. The lowest BCUT2D eigenvalue weighted by Gasteiger charge is -2.17. The molecule has 0 saturated carbocycles. The quantitative estimate of drug-likeness (QED) is 0.558. The molecule has 0 spiro atoms. The van der Waals surface area contributed by atoms with E-state index in [9.17, 15) is 4.79 Å². The van der Waals surface area contributed by atoms with Crippen LogP contribution < -0.4 is 0 Å². The van der Waals surface area contributed by atoms with Gasteiger partial charge in [-0.2, -0.15) is 13.8 Å². The van der Waals surface area contributed by atoms with E-state index in [0.29, 0.717) is 12.2 Å². The van der Waals surface area contributed by atoms with Crippen molar-refractivity contribution in [3.8, 4) is 11.3 Å². The highest BCUT2D eigenvalue weighted by molar-refractivity contribution is 7.00. The lowest BCUT2D eigenvalue weighted by Crippen LogP contribution is -2.28. The molecule has 0 aliphatic rings. The summed E-state index contributed by atoms with van der Waals surface area (Å²) in [6.07, 6.45) is 0. The molecule has 2 heterocycles. The maximum Gasteiger partial charge on any atom is 0.272 e. The van der Waals surface area contributed by atoms with Gasteiger partial charge in [-0.15, -0.1) is 0 Å². The predicted octanol–water partition coefficient (Wildman–Crippen LogP) is 3.36. The molecule has 0 saturated heterocycles. The van der Waals surface area contributed by atoms with E-state index in [1.54, 1.807) is 23.7 Å². The second kappa shape index (κ2) is 6.68. The van der Waals surface area contributed by atoms with E-state index in [0.717, 1.165) is 27.9 Å². The van der Waals surface area contributed by atoms with Crippen molar-refractivity contribution in [3.63, 3.8) is 0 Å². The number of amides is 1. The molecule has 2 aromatic heterocycles. The monoisotopic (exact) mass is 363 g/mol. The Balaban J connectivity index is 1.56. The third kappa shape index (κ3) is 3.09. The summed E-state index contributed by atoms with van der Waals surface area (Å²) in [5, 5.41) is 4.48. The van der Waals surface area contributed by atoms with Crippen molar-refractivity contribution in [3.05, 3.63) is 65.9 Å². The van der Waals surface area contributed by atoms with Gasteiger partial charge in [-0.05, 0) is 23.8 Å². The molecule has 6 nitrogen and oxygen atoms in total. The summed E-state index contributed by atoms with van der Waals surface area (Å²) >= 11 is 1.19. The summed E-state index contributed by atoms with van der Waals surface area (Å²) < 4.78 is 10.1. The van der Waals surface area contributed by atoms with Crippen molar-refractivity contribution in [1.29, 1.82) is 0 Å². The first kappa shape index (κ1) is 16.4. The van der Waals surface area contributed by atoms with Gasteiger partial charge in [0.05, 0.1) is 17.4 Å². The van der Waals surface area contributed by atoms with Crippen LogP contribution in [0, 0.1) is 0 Å². The van der Waals surface area contributed by atoms with Crippen molar-refractivity contribution in [2.45, 2.75) is 6.54 Å². The van der Waals surface area contributed by atoms with Crippen LogP contribution in [0.1, 0.15) is 16.1 Å². The van der Waals surface area contributed by atoms with Crippen molar-refractivity contribution in [2.24, 2.45) is 7.05 Å². The van der Waals surface area contributed by atoms with E-state index in [4.69, 9.17) is 0 Å². The first-order valence-electron chi connectivity index (χ1n) is 8.18. The predicted molar refractivity (Wildman–Crippen MR) is 102 cm³/mol. The Hall–Kier alpha value is -3.06. The zero-order chi connectivity index (χ0) is 18.1. The Bertz CT molecular complexity index is 1070. The minimum Gasteiger partial charge on any atom is -0.336 e. The summed E-state index contributed by atoms with van der Waals surface area (Å²) in [7, 11) is 3.58. The van der Waals surface area contributed by atoms with Crippen LogP contribution in [0.5, 0.6) is 0 Å². The van der Waals surface area contributed by atoms with E-state index in [2.05, 4.69) is 13.8 Å². The molecule has 0 aliphatic carbocycles. The zero-order valence-electron chi connectivity index (χ0n) is 14.5. The second-order valence-electron chi connectivity index (χ2n) is 6.15. The van der Waals surface area contributed by atoms with Gasteiger partial charge in [0.25, 0.3) is 5.91 Å². The van der Waals surface area contributed by atoms with Gasteiger partial charge in [0.2, 0.25) is 0 Å². The third-order valence-electron chi connectivity index (χ3n) is 4.25. The smallest absolute Gasteiger partial charge is 0.272 e. The Labute approximate surface area is 155 Å². The van der Waals surface area contributed by atoms with Crippen LogP contribution in [-0.2, 0) is 13.6 Å². The number of aromatic nitrogens is 4. The summed E-state index contributed by atoms with van der Waals surface area (Å²) in [5.74, 6) is -0.0707. The van der Waals surface area contributed by atoms with Crippen LogP contribution in [0.15, 0.2) is 54.6 Å². The zero-order valence-corrected chi connectivity index (χ0v) is 15.3. The Morgan fingerprint density at radius 1 is 1.08 bits per heavy atom. The van der Waals surface area contributed by atoms with Crippen LogP contribution >= 0.6 is 11.7 Å². The van der Waals surface area contributed by atoms with Crippen LogP contribution in [-0.4, -0.2) is 36.4 Å². The summed E-state index contributed by atoms with van der Waals surface area (Å²) in [6.45, 7) is 0.498. The van der Waals surface area contributed by atoms with Crippen molar-refractivity contribution >= 4 is 28.7 Å². The molecule has 7 heteroatoms. The summed E-state index contributed by atoms with van der Waals surface area (Å²) in [5.41, 5.74) is 5.10. The fraction of sp³-hybridized carbons (Fsp3) is 0.158. The molecule has 0 radical (unpaired) electrons. The van der Waals surface area contributed by atoms with Crippen molar-refractivity contribution in [2.75, 3.05) is 7.05 Å². The van der Waals surface area contributed by atoms with Gasteiger partial charge in [-0.25, -0.2) is 0 Å². The largest absolute Gasteiger partial charge is 0.336 e. The van der Waals surface area contributed by atoms with Gasteiger partial charge < -0.3 is 4.90 Å². The number of rotatable bonds is 4. The number of carbonyl (C=O) groups excluding carboxylic acids is 1. The molecule has 0 bridgehead atoms. The Morgan fingerprint density at radius 3 is 2.65 bits per heavy atom. The van der Waals surface area contributed by atoms with Crippen LogP contribution in [0.25, 0.3) is 22.3 Å². The minimum absolute atomic E-state index is 0.0707. The fourth-order valence-electron chi connectivity index (χ4n) is 2.88. The highest BCUT2D eigenvalue weighted by Crippen LogP contribution is 2.20. The third-order valence-corrected chi connectivity index (χ3v) is 4.81. The van der Waals surface area contributed by atoms with Gasteiger partial charge in [0, 0.05) is 26.2 Å². The molecule has 0 fully saturated rings. The molecule has 26 heavy (non-hydrogen) atoms. The molecule has 0 N–H and O–H groups in total. The maximum absolute atomic E-state index is 12.9. The first-order chi connectivity index (χ1) is 12.6. The van der Waals surface area contributed by atoms with Crippen LogP contribution in [0.3, 0.4) is 0 Å².